The number of hydrogen-bond acceptors (Lipinski definition) is 3. The minimum absolute atomic E-state index is 0.0452. The molecule has 29 heavy (non-hydrogen) atoms. The third kappa shape index (κ3) is 4.18. The molecule has 5 nitrogen and oxygen atoms in total. The maximum atomic E-state index is 13.0. The van der Waals surface area contributed by atoms with Gasteiger partial charge in [-0.3, -0.25) is 4.79 Å². The summed E-state index contributed by atoms with van der Waals surface area (Å²) >= 11 is 12.2. The number of amides is 1. The van der Waals surface area contributed by atoms with Crippen LogP contribution >= 0.6 is 23.2 Å². The fourth-order valence-corrected chi connectivity index (χ4v) is 8.13. The summed E-state index contributed by atoms with van der Waals surface area (Å²) in [5.74, 6) is 2.13. The molecule has 1 saturated heterocycles. The fourth-order valence-electron chi connectivity index (χ4n) is 5.57. The first-order valence-electron chi connectivity index (χ1n) is 10.5. The van der Waals surface area contributed by atoms with Gasteiger partial charge in [0.15, 0.2) is 0 Å². The Balaban J connectivity index is 1.35. The monoisotopic (exact) mass is 458 g/mol. The van der Waals surface area contributed by atoms with Gasteiger partial charge in [-0.05, 0) is 68.9 Å². The van der Waals surface area contributed by atoms with Crippen LogP contribution in [0.4, 0.5) is 0 Å². The SMILES string of the molecule is CC(NC(=O)C1CCN(S(=O)(=O)c2c(Cl)cccc2Cl)CC1)C1CC2CCC1C2. The standard InChI is InChI=1S/C21H28Cl2N2O3S/c1-13(17-12-14-5-6-16(17)11-14)24-21(26)15-7-9-25(10-8-15)29(27,28)20-18(22)3-2-4-19(20)23/h2-4,13-17H,5-12H2,1H3,(H,24,26). The predicted molar refractivity (Wildman–Crippen MR) is 114 cm³/mol. The van der Waals surface area contributed by atoms with Crippen LogP contribution in [0.1, 0.15) is 45.4 Å². The molecule has 2 bridgehead atoms. The summed E-state index contributed by atoms with van der Waals surface area (Å²) in [6.45, 7) is 2.72. The molecule has 1 aliphatic heterocycles. The molecule has 2 aliphatic carbocycles. The molecule has 1 N–H and O–H groups in total. The van der Waals surface area contributed by atoms with Gasteiger partial charge in [0.05, 0.1) is 10.0 Å². The molecule has 4 atom stereocenters. The first kappa shape index (κ1) is 21.4. The molecular weight excluding hydrogens is 431 g/mol. The van der Waals surface area contributed by atoms with E-state index in [4.69, 9.17) is 23.2 Å². The minimum Gasteiger partial charge on any atom is -0.353 e. The van der Waals surface area contributed by atoms with Gasteiger partial charge in [0.25, 0.3) is 0 Å². The van der Waals surface area contributed by atoms with Gasteiger partial charge >= 0.3 is 0 Å². The number of benzene rings is 1. The molecule has 8 heteroatoms. The highest BCUT2D eigenvalue weighted by molar-refractivity contribution is 7.89. The Morgan fingerprint density at radius 3 is 2.31 bits per heavy atom. The van der Waals surface area contributed by atoms with Crippen molar-refractivity contribution in [2.75, 3.05) is 13.1 Å². The highest BCUT2D eigenvalue weighted by atomic mass is 35.5. The van der Waals surface area contributed by atoms with Gasteiger partial charge in [-0.2, -0.15) is 4.31 Å². The molecule has 3 fully saturated rings. The second kappa shape index (κ2) is 8.37. The van der Waals surface area contributed by atoms with Gasteiger partial charge < -0.3 is 5.32 Å². The van der Waals surface area contributed by atoms with E-state index in [1.165, 1.54) is 42.1 Å². The summed E-state index contributed by atoms with van der Waals surface area (Å²) in [5, 5.41) is 3.48. The lowest BCUT2D eigenvalue weighted by Crippen LogP contribution is -2.47. The summed E-state index contributed by atoms with van der Waals surface area (Å²) in [4.78, 5) is 12.7. The molecule has 2 saturated carbocycles. The molecule has 4 rings (SSSR count). The van der Waals surface area contributed by atoms with Gasteiger partial charge in [0.2, 0.25) is 15.9 Å². The average molecular weight is 459 g/mol. The zero-order chi connectivity index (χ0) is 20.8. The van der Waals surface area contributed by atoms with Crippen molar-refractivity contribution >= 4 is 39.1 Å². The number of hydrogen-bond donors (Lipinski definition) is 1. The van der Waals surface area contributed by atoms with Crippen LogP contribution in [0.25, 0.3) is 0 Å². The second-order valence-corrected chi connectivity index (χ2v) is 11.6. The lowest BCUT2D eigenvalue weighted by atomic mass is 9.83. The highest BCUT2D eigenvalue weighted by Gasteiger charge is 2.42. The minimum atomic E-state index is -3.78. The van der Waals surface area contributed by atoms with Crippen molar-refractivity contribution in [1.29, 1.82) is 0 Å². The van der Waals surface area contributed by atoms with Crippen molar-refractivity contribution in [3.05, 3.63) is 28.2 Å². The van der Waals surface area contributed by atoms with E-state index in [9.17, 15) is 13.2 Å². The summed E-state index contributed by atoms with van der Waals surface area (Å²) in [5.41, 5.74) is 0. The first-order chi connectivity index (χ1) is 13.8. The number of rotatable bonds is 5. The number of carbonyl (C=O) groups excluding carboxylic acids is 1. The maximum absolute atomic E-state index is 13.0. The third-order valence-electron chi connectivity index (χ3n) is 7.15. The molecule has 0 radical (unpaired) electrons. The smallest absolute Gasteiger partial charge is 0.246 e. The molecule has 3 aliphatic rings. The lowest BCUT2D eigenvalue weighted by molar-refractivity contribution is -0.127. The third-order valence-corrected chi connectivity index (χ3v) is 10.0. The van der Waals surface area contributed by atoms with Crippen molar-refractivity contribution in [2.45, 2.75) is 56.4 Å². The van der Waals surface area contributed by atoms with E-state index in [2.05, 4.69) is 12.2 Å². The molecule has 1 amide bonds. The zero-order valence-corrected chi connectivity index (χ0v) is 18.9. The van der Waals surface area contributed by atoms with E-state index in [0.717, 1.165) is 11.8 Å². The molecule has 160 valence electrons. The molecular formula is C21H28Cl2N2O3S. The Morgan fingerprint density at radius 2 is 1.76 bits per heavy atom. The maximum Gasteiger partial charge on any atom is 0.246 e. The molecule has 0 spiro atoms. The largest absolute Gasteiger partial charge is 0.353 e. The molecule has 1 aromatic carbocycles. The van der Waals surface area contributed by atoms with Gasteiger partial charge in [-0.1, -0.05) is 35.7 Å². The Kier molecular flexibility index (Phi) is 6.18. The van der Waals surface area contributed by atoms with E-state index in [1.807, 2.05) is 0 Å². The number of sulfonamides is 1. The Hall–Kier alpha value is -0.820. The predicted octanol–water partition coefficient (Wildman–Crippen LogP) is 4.34. The first-order valence-corrected chi connectivity index (χ1v) is 12.7. The van der Waals surface area contributed by atoms with Crippen molar-refractivity contribution in [2.24, 2.45) is 23.7 Å². The van der Waals surface area contributed by atoms with Crippen molar-refractivity contribution in [3.63, 3.8) is 0 Å². The van der Waals surface area contributed by atoms with Crippen LogP contribution in [-0.2, 0) is 14.8 Å². The topological polar surface area (TPSA) is 66.5 Å². The van der Waals surface area contributed by atoms with Crippen molar-refractivity contribution in [1.82, 2.24) is 9.62 Å². The summed E-state index contributed by atoms with van der Waals surface area (Å²) in [7, 11) is -3.78. The van der Waals surface area contributed by atoms with Gasteiger partial charge in [-0.25, -0.2) is 8.42 Å². The Labute approximate surface area is 183 Å². The molecule has 0 aromatic heterocycles. The average Bonchev–Trinajstić information content (AvgIpc) is 3.31. The Bertz CT molecular complexity index is 864. The molecule has 1 heterocycles. The second-order valence-electron chi connectivity index (χ2n) is 8.87. The fraction of sp³-hybridized carbons (Fsp3) is 0.667. The van der Waals surface area contributed by atoms with E-state index < -0.39 is 10.0 Å². The summed E-state index contributed by atoms with van der Waals surface area (Å²) < 4.78 is 27.4. The van der Waals surface area contributed by atoms with Gasteiger partial charge in [0, 0.05) is 25.0 Å². The number of fused-ring (bicyclic) bond motifs is 2. The zero-order valence-electron chi connectivity index (χ0n) is 16.6. The van der Waals surface area contributed by atoms with Crippen LogP contribution in [0, 0.1) is 23.7 Å². The van der Waals surface area contributed by atoms with Crippen LogP contribution < -0.4 is 5.32 Å². The number of piperidine rings is 1. The summed E-state index contributed by atoms with van der Waals surface area (Å²) in [6.07, 6.45) is 6.24. The quantitative estimate of drug-likeness (QED) is 0.713. The number of nitrogens with one attached hydrogen (secondary N) is 1. The van der Waals surface area contributed by atoms with Crippen LogP contribution in [0.15, 0.2) is 23.1 Å². The van der Waals surface area contributed by atoms with E-state index >= 15 is 0 Å². The molecule has 1 aromatic rings. The van der Waals surface area contributed by atoms with E-state index in [-0.39, 0.29) is 32.8 Å². The van der Waals surface area contributed by atoms with E-state index in [0.29, 0.717) is 31.8 Å². The van der Waals surface area contributed by atoms with Crippen LogP contribution in [0.3, 0.4) is 0 Å². The lowest BCUT2D eigenvalue weighted by Gasteiger charge is -2.33. The highest BCUT2D eigenvalue weighted by Crippen LogP contribution is 2.49. The van der Waals surface area contributed by atoms with Gasteiger partial charge in [-0.15, -0.1) is 0 Å². The van der Waals surface area contributed by atoms with Gasteiger partial charge in [0.1, 0.15) is 4.90 Å². The van der Waals surface area contributed by atoms with Crippen molar-refractivity contribution in [3.8, 4) is 0 Å². The number of nitrogens with zero attached hydrogens (tertiary/aromatic N) is 1. The van der Waals surface area contributed by atoms with Crippen LogP contribution in [0.5, 0.6) is 0 Å². The van der Waals surface area contributed by atoms with Crippen molar-refractivity contribution < 1.29 is 13.2 Å². The summed E-state index contributed by atoms with van der Waals surface area (Å²) in [6, 6.07) is 4.87. The van der Waals surface area contributed by atoms with Crippen LogP contribution in [0.2, 0.25) is 10.0 Å². The number of halogens is 2. The van der Waals surface area contributed by atoms with E-state index in [1.54, 1.807) is 6.07 Å². The van der Waals surface area contributed by atoms with Crippen LogP contribution in [-0.4, -0.2) is 37.8 Å². The normalized spacial score (nSPS) is 29.1. The number of carbonyl (C=O) groups is 1. The molecule has 4 unspecified atom stereocenters. The Morgan fingerprint density at radius 1 is 1.10 bits per heavy atom.